The molecule has 1 aliphatic carbocycles. The first-order chi connectivity index (χ1) is 15.7. The summed E-state index contributed by atoms with van der Waals surface area (Å²) >= 11 is 0. The molecule has 2 fully saturated rings. The van der Waals surface area contributed by atoms with Crippen molar-refractivity contribution in [3.63, 3.8) is 0 Å². The van der Waals surface area contributed by atoms with Crippen LogP contribution in [0, 0.1) is 5.41 Å². The molecule has 162 valence electrons. The molecule has 1 saturated heterocycles. The van der Waals surface area contributed by atoms with Crippen LogP contribution in [0.2, 0.25) is 0 Å². The Balaban J connectivity index is 1.32. The SMILES string of the molecule is Nc1ncnc2c1c(-c1ccc(Oc3ccccc3)cc1)nn2C1CC2(CCNCC2)C1. The van der Waals surface area contributed by atoms with E-state index in [1.807, 2.05) is 54.6 Å². The van der Waals surface area contributed by atoms with Crippen molar-refractivity contribution >= 4 is 16.9 Å². The van der Waals surface area contributed by atoms with Gasteiger partial charge in [-0.1, -0.05) is 18.2 Å². The molecule has 2 aromatic heterocycles. The molecule has 0 atom stereocenters. The second-order valence-corrected chi connectivity index (χ2v) is 9.00. The highest BCUT2D eigenvalue weighted by molar-refractivity contribution is 5.98. The van der Waals surface area contributed by atoms with Crippen molar-refractivity contribution < 1.29 is 4.74 Å². The van der Waals surface area contributed by atoms with E-state index >= 15 is 0 Å². The van der Waals surface area contributed by atoms with Gasteiger partial charge in [0, 0.05) is 5.56 Å². The topological polar surface area (TPSA) is 90.9 Å². The maximum Gasteiger partial charge on any atom is 0.164 e. The number of ether oxygens (including phenoxy) is 1. The lowest BCUT2D eigenvalue weighted by atomic mass is 9.60. The number of hydrogen-bond donors (Lipinski definition) is 2. The zero-order valence-electron chi connectivity index (χ0n) is 17.9. The third-order valence-corrected chi connectivity index (χ3v) is 6.97. The summed E-state index contributed by atoms with van der Waals surface area (Å²) in [7, 11) is 0. The Bertz CT molecular complexity index is 1240. The fourth-order valence-corrected chi connectivity index (χ4v) is 5.24. The Morgan fingerprint density at radius 3 is 2.41 bits per heavy atom. The number of nitrogens with zero attached hydrogens (tertiary/aromatic N) is 4. The molecule has 0 radical (unpaired) electrons. The summed E-state index contributed by atoms with van der Waals surface area (Å²) in [4.78, 5) is 8.82. The highest BCUT2D eigenvalue weighted by Gasteiger charge is 2.46. The van der Waals surface area contributed by atoms with E-state index in [2.05, 4.69) is 20.0 Å². The molecule has 3 N–H and O–H groups in total. The molecule has 7 heteroatoms. The lowest BCUT2D eigenvalue weighted by Crippen LogP contribution is -2.46. The van der Waals surface area contributed by atoms with Gasteiger partial charge in [0.1, 0.15) is 29.3 Å². The van der Waals surface area contributed by atoms with Crippen molar-refractivity contribution in [2.24, 2.45) is 5.41 Å². The average Bonchev–Trinajstić information content (AvgIpc) is 3.20. The normalized spacial score (nSPS) is 18.0. The second-order valence-electron chi connectivity index (χ2n) is 9.00. The van der Waals surface area contributed by atoms with Crippen LogP contribution in [0.25, 0.3) is 22.3 Å². The highest BCUT2D eigenvalue weighted by atomic mass is 16.5. The number of fused-ring (bicyclic) bond motifs is 1. The monoisotopic (exact) mass is 426 g/mol. The smallest absolute Gasteiger partial charge is 0.164 e. The van der Waals surface area contributed by atoms with Crippen molar-refractivity contribution in [1.29, 1.82) is 0 Å². The Labute approximate surface area is 186 Å². The minimum absolute atomic E-state index is 0.360. The molecule has 1 saturated carbocycles. The first-order valence-corrected chi connectivity index (χ1v) is 11.2. The van der Waals surface area contributed by atoms with Gasteiger partial charge in [0.2, 0.25) is 0 Å². The summed E-state index contributed by atoms with van der Waals surface area (Å²) in [6, 6.07) is 18.1. The van der Waals surface area contributed by atoms with Crippen molar-refractivity contribution in [3.8, 4) is 22.8 Å². The Kier molecular flexibility index (Phi) is 4.57. The van der Waals surface area contributed by atoms with E-state index in [-0.39, 0.29) is 0 Å². The molecule has 0 amide bonds. The number of nitrogens with one attached hydrogen (secondary N) is 1. The van der Waals surface area contributed by atoms with Crippen molar-refractivity contribution in [2.45, 2.75) is 31.7 Å². The van der Waals surface area contributed by atoms with Gasteiger partial charge < -0.3 is 15.8 Å². The van der Waals surface area contributed by atoms with E-state index in [9.17, 15) is 0 Å². The third kappa shape index (κ3) is 3.29. The van der Waals surface area contributed by atoms with Gasteiger partial charge in [-0.25, -0.2) is 14.6 Å². The van der Waals surface area contributed by atoms with E-state index in [0.717, 1.165) is 59.7 Å². The molecule has 1 spiro atoms. The quantitative estimate of drug-likeness (QED) is 0.497. The van der Waals surface area contributed by atoms with Crippen LogP contribution in [-0.2, 0) is 0 Å². The molecule has 6 rings (SSSR count). The summed E-state index contributed by atoms with van der Waals surface area (Å²) in [6.07, 6.45) is 6.33. The maximum atomic E-state index is 6.30. The Hall–Kier alpha value is -3.45. The molecule has 2 aliphatic rings. The Morgan fingerprint density at radius 1 is 0.938 bits per heavy atom. The van der Waals surface area contributed by atoms with Gasteiger partial charge in [-0.3, -0.25) is 0 Å². The van der Waals surface area contributed by atoms with Crippen LogP contribution in [0.3, 0.4) is 0 Å². The lowest BCUT2D eigenvalue weighted by Gasteiger charge is -2.50. The third-order valence-electron chi connectivity index (χ3n) is 6.97. The second kappa shape index (κ2) is 7.60. The minimum atomic E-state index is 0.360. The summed E-state index contributed by atoms with van der Waals surface area (Å²) in [5, 5.41) is 9.32. The molecule has 0 unspecified atom stereocenters. The van der Waals surface area contributed by atoms with Gasteiger partial charge >= 0.3 is 0 Å². The van der Waals surface area contributed by atoms with Gasteiger partial charge in [-0.15, -0.1) is 0 Å². The lowest BCUT2D eigenvalue weighted by molar-refractivity contribution is 0.0250. The van der Waals surface area contributed by atoms with Gasteiger partial charge in [-0.2, -0.15) is 5.10 Å². The summed E-state index contributed by atoms with van der Waals surface area (Å²) < 4.78 is 8.02. The molecular formula is C25H26N6O. The molecule has 0 bridgehead atoms. The molecule has 32 heavy (non-hydrogen) atoms. The van der Waals surface area contributed by atoms with Crippen LogP contribution < -0.4 is 15.8 Å². The molecule has 2 aromatic carbocycles. The predicted molar refractivity (Wildman–Crippen MR) is 124 cm³/mol. The maximum absolute atomic E-state index is 6.30. The van der Waals surface area contributed by atoms with Crippen LogP contribution in [0.1, 0.15) is 31.7 Å². The zero-order chi connectivity index (χ0) is 21.5. The fraction of sp³-hybridized carbons (Fsp3) is 0.320. The van der Waals surface area contributed by atoms with Gasteiger partial charge in [0.15, 0.2) is 5.65 Å². The van der Waals surface area contributed by atoms with Crippen molar-refractivity contribution in [2.75, 3.05) is 18.8 Å². The van der Waals surface area contributed by atoms with Crippen molar-refractivity contribution in [1.82, 2.24) is 25.1 Å². The number of nitrogens with two attached hydrogens (primary N) is 1. The van der Waals surface area contributed by atoms with Crippen LogP contribution in [0.15, 0.2) is 60.9 Å². The van der Waals surface area contributed by atoms with Crippen LogP contribution in [0.5, 0.6) is 11.5 Å². The van der Waals surface area contributed by atoms with E-state index in [4.69, 9.17) is 15.6 Å². The van der Waals surface area contributed by atoms with E-state index in [0.29, 0.717) is 17.3 Å². The molecule has 3 heterocycles. The standard InChI is InChI=1S/C25H26N6O/c26-23-21-22(17-6-8-20(9-7-17)32-19-4-2-1-3-5-19)30-31(24(21)29-16-28-23)18-14-25(15-18)10-12-27-13-11-25/h1-9,16,18,27H,10-15H2,(H2,26,28,29). The van der Waals surface area contributed by atoms with E-state index < -0.39 is 0 Å². The molecular weight excluding hydrogens is 400 g/mol. The fourth-order valence-electron chi connectivity index (χ4n) is 5.24. The number of anilines is 1. The summed E-state index contributed by atoms with van der Waals surface area (Å²) in [5.74, 6) is 2.06. The molecule has 4 aromatic rings. The van der Waals surface area contributed by atoms with E-state index in [1.54, 1.807) is 0 Å². The van der Waals surface area contributed by atoms with Gasteiger partial charge in [0.25, 0.3) is 0 Å². The first kappa shape index (κ1) is 19.3. The average molecular weight is 427 g/mol. The largest absolute Gasteiger partial charge is 0.457 e. The number of benzene rings is 2. The highest BCUT2D eigenvalue weighted by Crippen LogP contribution is 2.54. The predicted octanol–water partition coefficient (Wildman–Crippen LogP) is 4.57. The number of hydrogen-bond acceptors (Lipinski definition) is 6. The molecule has 1 aliphatic heterocycles. The molecule has 7 nitrogen and oxygen atoms in total. The number of nitrogen functional groups attached to an aromatic ring is 1. The number of para-hydroxylation sites is 1. The van der Waals surface area contributed by atoms with Crippen LogP contribution in [-0.4, -0.2) is 32.8 Å². The van der Waals surface area contributed by atoms with Crippen molar-refractivity contribution in [3.05, 3.63) is 60.9 Å². The van der Waals surface area contributed by atoms with Gasteiger partial charge in [-0.05, 0) is 80.6 Å². The summed E-state index contributed by atoms with van der Waals surface area (Å²) in [6.45, 7) is 2.23. The van der Waals surface area contributed by atoms with Crippen LogP contribution in [0.4, 0.5) is 5.82 Å². The van der Waals surface area contributed by atoms with Crippen LogP contribution >= 0.6 is 0 Å². The number of rotatable bonds is 4. The van der Waals surface area contributed by atoms with Gasteiger partial charge in [0.05, 0.1) is 11.4 Å². The van der Waals surface area contributed by atoms with E-state index in [1.165, 1.54) is 19.2 Å². The zero-order valence-corrected chi connectivity index (χ0v) is 17.9. The number of aromatic nitrogens is 4. The Morgan fingerprint density at radius 2 is 1.66 bits per heavy atom. The number of piperidine rings is 1. The first-order valence-electron chi connectivity index (χ1n) is 11.2. The minimum Gasteiger partial charge on any atom is -0.457 e. The summed E-state index contributed by atoms with van der Waals surface area (Å²) in [5.41, 5.74) is 9.39.